The van der Waals surface area contributed by atoms with E-state index < -0.39 is 10.0 Å². The van der Waals surface area contributed by atoms with E-state index >= 15 is 0 Å². The zero-order valence-electron chi connectivity index (χ0n) is 16.8. The number of piperidine rings is 1. The first-order valence-electron chi connectivity index (χ1n) is 10.2. The van der Waals surface area contributed by atoms with Gasteiger partial charge in [0.1, 0.15) is 5.82 Å². The molecule has 1 saturated heterocycles. The van der Waals surface area contributed by atoms with E-state index in [2.05, 4.69) is 12.2 Å². The first-order valence-corrected chi connectivity index (χ1v) is 12.6. The number of sulfonamides is 1. The molecular weight excluding hydrogens is 423 g/mol. The molecule has 0 radical (unpaired) electrons. The lowest BCUT2D eigenvalue weighted by molar-refractivity contribution is 0.0934. The second-order valence-electron chi connectivity index (χ2n) is 7.96. The van der Waals surface area contributed by atoms with Crippen molar-refractivity contribution >= 4 is 27.7 Å². The minimum absolute atomic E-state index is 0.204. The number of carbonyl (C=O) groups excluding carboxylic acids is 1. The molecule has 0 unspecified atom stereocenters. The third-order valence-electron chi connectivity index (χ3n) is 5.81. The van der Waals surface area contributed by atoms with Crippen molar-refractivity contribution in [2.45, 2.75) is 42.0 Å². The number of halogens is 1. The third kappa shape index (κ3) is 4.40. The molecule has 1 atom stereocenters. The van der Waals surface area contributed by atoms with Crippen molar-refractivity contribution in [2.75, 3.05) is 18.8 Å². The van der Waals surface area contributed by atoms with Gasteiger partial charge in [0.05, 0.1) is 10.9 Å². The molecule has 0 bridgehead atoms. The number of thioether (sulfide) groups is 1. The van der Waals surface area contributed by atoms with Gasteiger partial charge >= 0.3 is 0 Å². The van der Waals surface area contributed by atoms with Gasteiger partial charge in [0.2, 0.25) is 10.0 Å². The van der Waals surface area contributed by atoms with Gasteiger partial charge in [-0.05, 0) is 73.2 Å². The van der Waals surface area contributed by atoms with Crippen molar-refractivity contribution < 1.29 is 17.6 Å². The molecule has 30 heavy (non-hydrogen) atoms. The maximum atomic E-state index is 13.7. The lowest BCUT2D eigenvalue weighted by Gasteiger charge is -2.29. The fraction of sp³-hybridized carbons (Fsp3) is 0.409. The molecule has 1 fully saturated rings. The summed E-state index contributed by atoms with van der Waals surface area (Å²) in [7, 11) is -3.54. The summed E-state index contributed by atoms with van der Waals surface area (Å²) < 4.78 is 40.9. The molecule has 5 nitrogen and oxygen atoms in total. The van der Waals surface area contributed by atoms with Gasteiger partial charge in [0.25, 0.3) is 5.91 Å². The van der Waals surface area contributed by atoms with Gasteiger partial charge in [-0.2, -0.15) is 4.31 Å². The molecule has 2 aromatic rings. The van der Waals surface area contributed by atoms with Crippen molar-refractivity contribution in [3.8, 4) is 0 Å². The van der Waals surface area contributed by atoms with Crippen LogP contribution in [0.1, 0.15) is 48.1 Å². The van der Waals surface area contributed by atoms with Gasteiger partial charge < -0.3 is 5.32 Å². The van der Waals surface area contributed by atoms with Crippen molar-refractivity contribution in [1.29, 1.82) is 0 Å². The van der Waals surface area contributed by atoms with E-state index in [1.807, 2.05) is 0 Å². The molecule has 8 heteroatoms. The molecular formula is C22H25FN2O3S2. The maximum absolute atomic E-state index is 13.7. The molecule has 2 aromatic carbocycles. The van der Waals surface area contributed by atoms with E-state index in [-0.39, 0.29) is 22.7 Å². The van der Waals surface area contributed by atoms with E-state index in [0.29, 0.717) is 31.0 Å². The van der Waals surface area contributed by atoms with Crippen LogP contribution in [0.2, 0.25) is 0 Å². The fourth-order valence-electron chi connectivity index (χ4n) is 3.91. The highest BCUT2D eigenvalue weighted by Gasteiger charge is 2.28. The normalized spacial score (nSPS) is 20.5. The van der Waals surface area contributed by atoms with Gasteiger partial charge in [-0.1, -0.05) is 6.92 Å². The Balaban J connectivity index is 1.47. The Bertz CT molecular complexity index is 1030. The lowest BCUT2D eigenvalue weighted by atomic mass is 10.0. The number of benzene rings is 2. The van der Waals surface area contributed by atoms with Crippen LogP contribution in [-0.2, 0) is 10.0 Å². The van der Waals surface area contributed by atoms with E-state index in [1.165, 1.54) is 28.6 Å². The molecule has 2 aliphatic heterocycles. The molecule has 0 aromatic heterocycles. The zero-order valence-corrected chi connectivity index (χ0v) is 18.4. The standard InChI is InChI=1S/C22H25FN2O3S2/c1-15-8-11-25(12-9-15)30(27,28)18-5-2-16(3-6-18)22(26)24-20-10-13-29-21-7-4-17(23)14-19(20)21/h2-7,14-15,20H,8-13H2,1H3,(H,24,26)/t20-/m1/s1. The molecule has 2 heterocycles. The largest absolute Gasteiger partial charge is 0.345 e. The van der Waals surface area contributed by atoms with Crippen LogP contribution in [0, 0.1) is 11.7 Å². The number of fused-ring (bicyclic) bond motifs is 1. The van der Waals surface area contributed by atoms with E-state index in [4.69, 9.17) is 0 Å². The Morgan fingerprint density at radius 3 is 2.50 bits per heavy atom. The highest BCUT2D eigenvalue weighted by Crippen LogP contribution is 2.36. The van der Waals surface area contributed by atoms with Crippen LogP contribution in [0.5, 0.6) is 0 Å². The van der Waals surface area contributed by atoms with Crippen LogP contribution in [0.3, 0.4) is 0 Å². The Morgan fingerprint density at radius 2 is 1.80 bits per heavy atom. The Morgan fingerprint density at radius 1 is 1.10 bits per heavy atom. The molecule has 0 aliphatic carbocycles. The number of nitrogens with zero attached hydrogens (tertiary/aromatic N) is 1. The summed E-state index contributed by atoms with van der Waals surface area (Å²) in [6.45, 7) is 3.19. The van der Waals surface area contributed by atoms with Crippen LogP contribution in [0.25, 0.3) is 0 Å². The monoisotopic (exact) mass is 448 g/mol. The second-order valence-corrected chi connectivity index (χ2v) is 11.0. The van der Waals surface area contributed by atoms with Crippen molar-refractivity contribution in [3.63, 3.8) is 0 Å². The van der Waals surface area contributed by atoms with E-state index in [0.717, 1.165) is 29.1 Å². The first kappa shape index (κ1) is 21.3. The van der Waals surface area contributed by atoms with E-state index in [9.17, 15) is 17.6 Å². The number of hydrogen-bond acceptors (Lipinski definition) is 4. The van der Waals surface area contributed by atoms with Crippen molar-refractivity contribution in [2.24, 2.45) is 5.92 Å². The van der Waals surface area contributed by atoms with Gasteiger partial charge in [-0.25, -0.2) is 12.8 Å². The summed E-state index contributed by atoms with van der Waals surface area (Å²) in [6.07, 6.45) is 2.44. The zero-order chi connectivity index (χ0) is 21.3. The number of amides is 1. The molecule has 4 rings (SSSR count). The third-order valence-corrected chi connectivity index (χ3v) is 8.85. The predicted octanol–water partition coefficient (Wildman–Crippen LogP) is 4.21. The van der Waals surface area contributed by atoms with E-state index in [1.54, 1.807) is 30.0 Å². The average molecular weight is 449 g/mol. The molecule has 0 saturated carbocycles. The summed E-state index contributed by atoms with van der Waals surface area (Å²) in [5.74, 6) is 0.768. The summed E-state index contributed by atoms with van der Waals surface area (Å²) in [6, 6.07) is 10.5. The summed E-state index contributed by atoms with van der Waals surface area (Å²) >= 11 is 1.65. The van der Waals surface area contributed by atoms with Crippen molar-refractivity contribution in [1.82, 2.24) is 9.62 Å². The van der Waals surface area contributed by atoms with Crippen LogP contribution in [-0.4, -0.2) is 37.5 Å². The average Bonchev–Trinajstić information content (AvgIpc) is 2.74. The molecule has 0 spiro atoms. The minimum Gasteiger partial charge on any atom is -0.345 e. The van der Waals surface area contributed by atoms with Crippen LogP contribution >= 0.6 is 11.8 Å². The highest BCUT2D eigenvalue weighted by atomic mass is 32.2. The fourth-order valence-corrected chi connectivity index (χ4v) is 6.48. The summed E-state index contributed by atoms with van der Waals surface area (Å²) in [5, 5.41) is 2.97. The number of rotatable bonds is 4. The first-order chi connectivity index (χ1) is 14.3. The molecule has 2 aliphatic rings. The van der Waals surface area contributed by atoms with Crippen LogP contribution in [0.4, 0.5) is 4.39 Å². The minimum atomic E-state index is -3.54. The predicted molar refractivity (Wildman–Crippen MR) is 116 cm³/mol. The Kier molecular flexibility index (Phi) is 6.18. The van der Waals surface area contributed by atoms with Crippen molar-refractivity contribution in [3.05, 3.63) is 59.4 Å². The van der Waals surface area contributed by atoms with Gasteiger partial charge in [0.15, 0.2) is 0 Å². The molecule has 1 amide bonds. The molecule has 1 N–H and O–H groups in total. The summed E-state index contributed by atoms with van der Waals surface area (Å²) in [4.78, 5) is 13.9. The molecule has 160 valence electrons. The Labute approximate surface area is 181 Å². The van der Waals surface area contributed by atoms with Crippen LogP contribution < -0.4 is 5.32 Å². The van der Waals surface area contributed by atoms with Gasteiger partial charge in [-0.15, -0.1) is 11.8 Å². The summed E-state index contributed by atoms with van der Waals surface area (Å²) in [5.41, 5.74) is 1.18. The topological polar surface area (TPSA) is 66.5 Å². The maximum Gasteiger partial charge on any atom is 0.251 e. The number of carbonyl (C=O) groups is 1. The smallest absolute Gasteiger partial charge is 0.251 e. The van der Waals surface area contributed by atoms with Gasteiger partial charge in [-0.3, -0.25) is 4.79 Å². The second kappa shape index (κ2) is 8.69. The lowest BCUT2D eigenvalue weighted by Crippen LogP contribution is -2.37. The SMILES string of the molecule is CC1CCN(S(=O)(=O)c2ccc(C(=O)N[C@@H]3CCSc4ccc(F)cc43)cc2)CC1. The quantitative estimate of drug-likeness (QED) is 0.761. The van der Waals surface area contributed by atoms with Gasteiger partial charge in [0, 0.05) is 29.3 Å². The number of nitrogens with one attached hydrogen (secondary N) is 1. The highest BCUT2D eigenvalue weighted by molar-refractivity contribution is 7.99. The Hall–Kier alpha value is -1.90. The number of hydrogen-bond donors (Lipinski definition) is 1. The van der Waals surface area contributed by atoms with Crippen LogP contribution in [0.15, 0.2) is 52.3 Å².